The second kappa shape index (κ2) is 4.97. The van der Waals surface area contributed by atoms with E-state index in [0.717, 1.165) is 19.4 Å². The number of carbonyl (C=O) groups is 1. The van der Waals surface area contributed by atoms with Gasteiger partial charge in [-0.15, -0.1) is 0 Å². The number of hydrogen-bond acceptors (Lipinski definition) is 4. The molecule has 0 N–H and O–H groups in total. The first kappa shape index (κ1) is 11.6. The molecule has 2 aliphatic heterocycles. The molecule has 3 atom stereocenters. The molecule has 0 spiro atoms. The first-order chi connectivity index (χ1) is 7.77. The van der Waals surface area contributed by atoms with Gasteiger partial charge in [0, 0.05) is 6.54 Å². The maximum absolute atomic E-state index is 11.8. The summed E-state index contributed by atoms with van der Waals surface area (Å²) in [7, 11) is 1.44. The lowest BCUT2D eigenvalue weighted by molar-refractivity contribution is -0.160. The zero-order valence-corrected chi connectivity index (χ0v) is 9.89. The number of nitrogens with zero attached hydrogens (tertiary/aromatic N) is 1. The maximum Gasteiger partial charge on any atom is 0.313 e. The van der Waals surface area contributed by atoms with Crippen LogP contribution in [0.2, 0.25) is 0 Å². The summed E-state index contributed by atoms with van der Waals surface area (Å²) < 4.78 is 4.88. The number of carbonyl (C=O) groups excluding carboxylic acids is 1. The quantitative estimate of drug-likeness (QED) is 0.527. The largest absolute Gasteiger partial charge is 0.469 e. The van der Waals surface area contributed by atoms with Crippen molar-refractivity contribution in [3.05, 3.63) is 12.2 Å². The molecule has 0 unspecified atom stereocenters. The Bertz CT molecular complexity index is 290. The van der Waals surface area contributed by atoms with Crippen molar-refractivity contribution in [3.8, 4) is 0 Å². The Hall–Kier alpha value is -0.870. The SMILES string of the molecule is C/C=C/[C@@H]1ON2CCCC[C@@H]2[C@H]1C(=O)OC. The zero-order valence-electron chi connectivity index (χ0n) is 9.89. The molecule has 0 aromatic carbocycles. The van der Waals surface area contributed by atoms with Gasteiger partial charge >= 0.3 is 5.97 Å². The Morgan fingerprint density at radius 3 is 3.00 bits per heavy atom. The topological polar surface area (TPSA) is 38.8 Å². The fourth-order valence-corrected chi connectivity index (χ4v) is 2.63. The minimum atomic E-state index is -0.165. The highest BCUT2D eigenvalue weighted by atomic mass is 16.7. The first-order valence-electron chi connectivity index (χ1n) is 5.92. The summed E-state index contributed by atoms with van der Waals surface area (Å²) in [6.45, 7) is 2.86. The van der Waals surface area contributed by atoms with E-state index >= 15 is 0 Å². The number of rotatable bonds is 2. The summed E-state index contributed by atoms with van der Waals surface area (Å²) in [4.78, 5) is 17.6. The lowest BCUT2D eigenvalue weighted by Crippen LogP contribution is -2.39. The van der Waals surface area contributed by atoms with Crippen LogP contribution < -0.4 is 0 Å². The highest BCUT2D eigenvalue weighted by molar-refractivity contribution is 5.74. The third kappa shape index (κ3) is 1.99. The van der Waals surface area contributed by atoms with Gasteiger partial charge in [-0.1, -0.05) is 18.6 Å². The highest BCUT2D eigenvalue weighted by Crippen LogP contribution is 2.35. The molecule has 4 heteroatoms. The standard InChI is InChI=1S/C12H19NO3/c1-3-6-10-11(12(14)15-2)9-7-4-5-8-13(9)16-10/h3,6,9-11H,4-5,7-8H2,1-2H3/b6-3+/t9-,10+,11-/m1/s1. The zero-order chi connectivity index (χ0) is 11.5. The summed E-state index contributed by atoms with van der Waals surface area (Å²) in [5.41, 5.74) is 0. The normalized spacial score (nSPS) is 35.2. The van der Waals surface area contributed by atoms with Crippen molar-refractivity contribution in [3.63, 3.8) is 0 Å². The number of allylic oxidation sites excluding steroid dienone is 1. The van der Waals surface area contributed by atoms with Crippen LogP contribution in [0.3, 0.4) is 0 Å². The minimum absolute atomic E-state index is 0.152. The fourth-order valence-electron chi connectivity index (χ4n) is 2.63. The van der Waals surface area contributed by atoms with Crippen molar-refractivity contribution < 1.29 is 14.4 Å². The minimum Gasteiger partial charge on any atom is -0.469 e. The number of esters is 1. The van der Waals surface area contributed by atoms with Gasteiger partial charge in [0.05, 0.1) is 13.2 Å². The van der Waals surface area contributed by atoms with Crippen LogP contribution in [0.1, 0.15) is 26.2 Å². The molecule has 2 rings (SSSR count). The van der Waals surface area contributed by atoms with Crippen molar-refractivity contribution in [1.82, 2.24) is 5.06 Å². The summed E-state index contributed by atoms with van der Waals surface area (Å²) >= 11 is 0. The van der Waals surface area contributed by atoms with Gasteiger partial charge in [0.2, 0.25) is 0 Å². The van der Waals surface area contributed by atoms with E-state index in [4.69, 9.17) is 9.57 Å². The molecule has 0 radical (unpaired) electrons. The number of hydrogen-bond donors (Lipinski definition) is 0. The molecular weight excluding hydrogens is 206 g/mol. The highest BCUT2D eigenvalue weighted by Gasteiger charge is 2.47. The smallest absolute Gasteiger partial charge is 0.313 e. The Morgan fingerprint density at radius 1 is 1.50 bits per heavy atom. The predicted molar refractivity (Wildman–Crippen MR) is 59.5 cm³/mol. The van der Waals surface area contributed by atoms with E-state index in [1.807, 2.05) is 24.1 Å². The molecule has 2 heterocycles. The molecule has 0 aromatic heterocycles. The van der Waals surface area contributed by atoms with Gasteiger partial charge in [0.1, 0.15) is 12.0 Å². The Balaban J connectivity index is 2.17. The predicted octanol–water partition coefficient (Wildman–Crippen LogP) is 1.52. The van der Waals surface area contributed by atoms with E-state index in [1.165, 1.54) is 13.5 Å². The van der Waals surface area contributed by atoms with E-state index in [1.54, 1.807) is 0 Å². The van der Waals surface area contributed by atoms with Gasteiger partial charge < -0.3 is 4.74 Å². The number of hydroxylamine groups is 2. The third-order valence-corrected chi connectivity index (χ3v) is 3.38. The number of ether oxygens (including phenoxy) is 1. The summed E-state index contributed by atoms with van der Waals surface area (Å²) in [5.74, 6) is -0.320. The van der Waals surface area contributed by atoms with Gasteiger partial charge in [-0.05, 0) is 19.8 Å². The lowest BCUT2D eigenvalue weighted by atomic mass is 9.89. The van der Waals surface area contributed by atoms with E-state index < -0.39 is 0 Å². The molecule has 0 aliphatic carbocycles. The molecule has 0 amide bonds. The molecule has 2 aliphatic rings. The molecule has 0 saturated carbocycles. The molecule has 0 aromatic rings. The van der Waals surface area contributed by atoms with Crippen LogP contribution in [0, 0.1) is 5.92 Å². The van der Waals surface area contributed by atoms with Crippen molar-refractivity contribution in [2.45, 2.75) is 38.3 Å². The van der Waals surface area contributed by atoms with Crippen molar-refractivity contribution in [2.75, 3.05) is 13.7 Å². The monoisotopic (exact) mass is 225 g/mol. The molecule has 2 saturated heterocycles. The molecule has 2 fully saturated rings. The van der Waals surface area contributed by atoms with Crippen molar-refractivity contribution in [2.24, 2.45) is 5.92 Å². The second-order valence-corrected chi connectivity index (χ2v) is 4.35. The Kier molecular flexibility index (Phi) is 3.61. The summed E-state index contributed by atoms with van der Waals surface area (Å²) in [6, 6.07) is 0.197. The second-order valence-electron chi connectivity index (χ2n) is 4.35. The van der Waals surface area contributed by atoms with E-state index in [0.29, 0.717) is 0 Å². The van der Waals surface area contributed by atoms with Crippen LogP contribution >= 0.6 is 0 Å². The van der Waals surface area contributed by atoms with Gasteiger partial charge in [-0.25, -0.2) is 0 Å². The molecular formula is C12H19NO3. The molecule has 90 valence electrons. The van der Waals surface area contributed by atoms with Gasteiger partial charge in [-0.2, -0.15) is 5.06 Å². The van der Waals surface area contributed by atoms with E-state index in [9.17, 15) is 4.79 Å². The Labute approximate surface area is 96.2 Å². The van der Waals surface area contributed by atoms with Crippen molar-refractivity contribution in [1.29, 1.82) is 0 Å². The summed E-state index contributed by atoms with van der Waals surface area (Å²) in [6.07, 6.45) is 7.06. The Morgan fingerprint density at radius 2 is 2.31 bits per heavy atom. The average molecular weight is 225 g/mol. The number of methoxy groups -OCH3 is 1. The van der Waals surface area contributed by atoms with Gasteiger partial charge in [-0.3, -0.25) is 9.63 Å². The molecule has 0 bridgehead atoms. The third-order valence-electron chi connectivity index (χ3n) is 3.38. The summed E-state index contributed by atoms with van der Waals surface area (Å²) in [5, 5.41) is 1.97. The van der Waals surface area contributed by atoms with E-state index in [2.05, 4.69) is 0 Å². The van der Waals surface area contributed by atoms with Crippen LogP contribution in [-0.2, 0) is 14.4 Å². The molecule has 16 heavy (non-hydrogen) atoms. The number of fused-ring (bicyclic) bond motifs is 1. The first-order valence-corrected chi connectivity index (χ1v) is 5.92. The van der Waals surface area contributed by atoms with Crippen LogP contribution in [0.4, 0.5) is 0 Å². The van der Waals surface area contributed by atoms with Crippen LogP contribution in [0.25, 0.3) is 0 Å². The van der Waals surface area contributed by atoms with Crippen LogP contribution in [0.5, 0.6) is 0 Å². The molecule has 4 nitrogen and oxygen atoms in total. The van der Waals surface area contributed by atoms with Gasteiger partial charge in [0.15, 0.2) is 0 Å². The van der Waals surface area contributed by atoms with Crippen LogP contribution in [0.15, 0.2) is 12.2 Å². The maximum atomic E-state index is 11.8. The fraction of sp³-hybridized carbons (Fsp3) is 0.750. The van der Waals surface area contributed by atoms with Crippen molar-refractivity contribution >= 4 is 5.97 Å². The van der Waals surface area contributed by atoms with E-state index in [-0.39, 0.29) is 24.0 Å². The van der Waals surface area contributed by atoms with Gasteiger partial charge in [0.25, 0.3) is 0 Å². The number of piperidine rings is 1. The van der Waals surface area contributed by atoms with Crippen LogP contribution in [-0.4, -0.2) is 36.8 Å². The lowest BCUT2D eigenvalue weighted by Gasteiger charge is -2.28. The average Bonchev–Trinajstić information content (AvgIpc) is 2.66.